The van der Waals surface area contributed by atoms with Crippen molar-refractivity contribution in [3.8, 4) is 11.2 Å². The first-order valence-electron chi connectivity index (χ1n) is 11.3. The number of benzene rings is 2. The van der Waals surface area contributed by atoms with Gasteiger partial charge in [0.1, 0.15) is 17.3 Å². The van der Waals surface area contributed by atoms with Crippen molar-refractivity contribution in [1.29, 1.82) is 0 Å². The minimum atomic E-state index is -1.09. The molecule has 0 atom stereocenters. The zero-order valence-corrected chi connectivity index (χ0v) is 21.5. The molecule has 5 heteroatoms. The third-order valence-corrected chi connectivity index (χ3v) is 11.4. The van der Waals surface area contributed by atoms with E-state index in [-0.39, 0.29) is 0 Å². The average molecular weight is 468 g/mol. The topological polar surface area (TPSA) is 37.8 Å². The molecule has 0 bridgehead atoms. The van der Waals surface area contributed by atoms with Crippen molar-refractivity contribution in [2.24, 2.45) is 0 Å². The average Bonchev–Trinajstić information content (AvgIpc) is 2.73. The third-order valence-electron chi connectivity index (χ3n) is 6.01. The van der Waals surface area contributed by atoms with Gasteiger partial charge in [-0.1, -0.05) is 83.3 Å². The van der Waals surface area contributed by atoms with Gasteiger partial charge in [0, 0.05) is 18.2 Å². The largest absolute Gasteiger partial charge is 0.370 e. The summed E-state index contributed by atoms with van der Waals surface area (Å²) in [6.07, 6.45) is 2.33. The Hall–Kier alpha value is -2.22. The molecule has 170 valence electrons. The number of halogens is 1. The maximum atomic E-state index is 5.98. The lowest BCUT2D eigenvalue weighted by atomic mass is 9.99. The van der Waals surface area contributed by atoms with E-state index in [1.165, 1.54) is 22.7 Å². The number of hydrogen-bond acceptors (Lipinski definition) is 3. The van der Waals surface area contributed by atoms with E-state index >= 15 is 0 Å². The van der Waals surface area contributed by atoms with E-state index in [9.17, 15) is 0 Å². The summed E-state index contributed by atoms with van der Waals surface area (Å²) in [5.41, 5.74) is 2.39. The third kappa shape index (κ3) is 5.39. The van der Waals surface area contributed by atoms with Crippen LogP contribution in [0.3, 0.4) is 0 Å². The van der Waals surface area contributed by atoms with Gasteiger partial charge < -0.3 is 5.32 Å². The second-order valence-corrected chi connectivity index (χ2v) is 13.8. The molecular formula is C27H34ClN3S. The Morgan fingerprint density at radius 2 is 1.53 bits per heavy atom. The molecule has 0 aliphatic carbocycles. The van der Waals surface area contributed by atoms with Crippen LogP contribution in [-0.2, 0) is 6.42 Å². The molecule has 2 aromatic carbocycles. The molecule has 32 heavy (non-hydrogen) atoms. The number of fused-ring (bicyclic) bond motifs is 1. The van der Waals surface area contributed by atoms with Gasteiger partial charge in [0.05, 0.1) is 0 Å². The number of rotatable bonds is 7. The lowest BCUT2D eigenvalue weighted by molar-refractivity contribution is 0.959. The number of anilines is 1. The highest BCUT2D eigenvalue weighted by Crippen LogP contribution is 2.59. The zero-order chi connectivity index (χ0) is 23.3. The molecule has 0 fully saturated rings. The van der Waals surface area contributed by atoms with Crippen LogP contribution in [0.2, 0.25) is 5.15 Å². The fraction of sp³-hybridized carbons (Fsp3) is 0.407. The Morgan fingerprint density at radius 1 is 0.906 bits per heavy atom. The summed E-state index contributed by atoms with van der Waals surface area (Å²) in [4.78, 5) is 8.18. The van der Waals surface area contributed by atoms with Gasteiger partial charge >= 0.3 is 0 Å². The maximum Gasteiger partial charge on any atom is 0.134 e. The van der Waals surface area contributed by atoms with Crippen LogP contribution in [0.4, 0.5) is 5.82 Å². The maximum absolute atomic E-state index is 5.98. The Morgan fingerprint density at radius 3 is 2.12 bits per heavy atom. The van der Waals surface area contributed by atoms with E-state index in [4.69, 9.17) is 11.6 Å². The van der Waals surface area contributed by atoms with Crippen LogP contribution in [0, 0.1) is 11.2 Å². The molecule has 1 aromatic heterocycles. The summed E-state index contributed by atoms with van der Waals surface area (Å²) in [5, 5.41) is 11.8. The summed E-state index contributed by atoms with van der Waals surface area (Å²) in [7, 11) is -1.09. The molecule has 0 saturated carbocycles. The Balaban J connectivity index is 1.97. The molecule has 3 nitrogen and oxygen atoms in total. The standard InChI is InChI=1S/C27H34ClN3S/c1-19(2)32(20(3)4,21(5)6)14-12-25-16-23-10-8-7-9-22(23)15-24(25)11-13-29-27-17-26(28)30-18-31-27/h7-10,15-21H,11,13H2,1-6H3,(H,29,30,31). The summed E-state index contributed by atoms with van der Waals surface area (Å²) < 4.78 is 0. The molecule has 0 aliphatic heterocycles. The van der Waals surface area contributed by atoms with E-state index < -0.39 is 10.0 Å². The van der Waals surface area contributed by atoms with Crippen LogP contribution < -0.4 is 5.32 Å². The molecule has 0 saturated heterocycles. The van der Waals surface area contributed by atoms with Crippen molar-refractivity contribution in [1.82, 2.24) is 9.97 Å². The summed E-state index contributed by atoms with van der Waals surface area (Å²) in [5.74, 6) is 4.40. The van der Waals surface area contributed by atoms with Crippen LogP contribution in [0.5, 0.6) is 0 Å². The summed E-state index contributed by atoms with van der Waals surface area (Å²) in [6.45, 7) is 14.8. The number of nitrogens with one attached hydrogen (secondary N) is 1. The monoisotopic (exact) mass is 467 g/mol. The first-order valence-corrected chi connectivity index (χ1v) is 13.5. The second-order valence-electron chi connectivity index (χ2n) is 8.89. The SMILES string of the molecule is CC(C)S(C#Cc1cc2ccccc2cc1CCNc1cc(Cl)ncn1)(C(C)C)C(C)C. The van der Waals surface area contributed by atoms with Gasteiger partial charge in [-0.15, -0.1) is 0 Å². The van der Waals surface area contributed by atoms with Crippen molar-refractivity contribution in [3.63, 3.8) is 0 Å². The predicted molar refractivity (Wildman–Crippen MR) is 143 cm³/mol. The highest BCUT2D eigenvalue weighted by molar-refractivity contribution is 8.38. The van der Waals surface area contributed by atoms with Crippen LogP contribution in [0.1, 0.15) is 52.7 Å². The molecule has 0 amide bonds. The molecule has 3 rings (SSSR count). The van der Waals surface area contributed by atoms with Crippen LogP contribution >= 0.6 is 21.6 Å². The Kier molecular flexibility index (Phi) is 8.09. The Bertz CT molecular complexity index is 1110. The lowest BCUT2D eigenvalue weighted by Crippen LogP contribution is -2.27. The van der Waals surface area contributed by atoms with Gasteiger partial charge in [-0.2, -0.15) is 10.0 Å². The highest BCUT2D eigenvalue weighted by Gasteiger charge is 2.33. The molecule has 0 aliphatic rings. The zero-order valence-electron chi connectivity index (χ0n) is 19.9. The van der Waals surface area contributed by atoms with Crippen LogP contribution in [0.15, 0.2) is 48.8 Å². The number of aromatic nitrogens is 2. The van der Waals surface area contributed by atoms with Crippen molar-refractivity contribution in [2.45, 2.75) is 63.7 Å². The van der Waals surface area contributed by atoms with Gasteiger partial charge in [-0.3, -0.25) is 0 Å². The van der Waals surface area contributed by atoms with E-state index in [0.29, 0.717) is 20.9 Å². The first-order chi connectivity index (χ1) is 15.2. The van der Waals surface area contributed by atoms with Crippen molar-refractivity contribution < 1.29 is 0 Å². The first kappa shape index (κ1) is 24.4. The lowest BCUT2D eigenvalue weighted by Gasteiger charge is -2.46. The fourth-order valence-electron chi connectivity index (χ4n) is 4.50. The molecular weight excluding hydrogens is 434 g/mol. The Labute approximate surface area is 199 Å². The summed E-state index contributed by atoms with van der Waals surface area (Å²) in [6, 6.07) is 14.8. The van der Waals surface area contributed by atoms with Gasteiger partial charge in [0.2, 0.25) is 0 Å². The number of hydrogen-bond donors (Lipinski definition) is 1. The van der Waals surface area contributed by atoms with E-state index in [1.807, 2.05) is 0 Å². The molecule has 1 heterocycles. The van der Waals surface area contributed by atoms with Gasteiger partial charge in [0.15, 0.2) is 0 Å². The fourth-order valence-corrected chi connectivity index (χ4v) is 8.90. The van der Waals surface area contributed by atoms with Crippen molar-refractivity contribution in [3.05, 3.63) is 65.1 Å². The molecule has 0 spiro atoms. The minimum absolute atomic E-state index is 0.440. The normalized spacial score (nSPS) is 12.3. The van der Waals surface area contributed by atoms with E-state index in [0.717, 1.165) is 24.3 Å². The van der Waals surface area contributed by atoms with Crippen molar-refractivity contribution >= 4 is 38.2 Å². The second kappa shape index (κ2) is 10.6. The van der Waals surface area contributed by atoms with Crippen molar-refractivity contribution in [2.75, 3.05) is 11.9 Å². The number of nitrogens with zero attached hydrogens (tertiary/aromatic N) is 2. The predicted octanol–water partition coefficient (Wildman–Crippen LogP) is 7.28. The van der Waals surface area contributed by atoms with Crippen LogP contribution in [0.25, 0.3) is 10.8 Å². The minimum Gasteiger partial charge on any atom is -0.370 e. The molecule has 0 unspecified atom stereocenters. The van der Waals surface area contributed by atoms with Gasteiger partial charge in [-0.25, -0.2) is 9.97 Å². The smallest absolute Gasteiger partial charge is 0.134 e. The van der Waals surface area contributed by atoms with E-state index in [2.05, 4.69) is 104 Å². The van der Waals surface area contributed by atoms with Gasteiger partial charge in [0.25, 0.3) is 0 Å². The van der Waals surface area contributed by atoms with Crippen LogP contribution in [-0.4, -0.2) is 32.3 Å². The quantitative estimate of drug-likeness (QED) is 0.293. The molecule has 3 aromatic rings. The molecule has 0 radical (unpaired) electrons. The molecule has 1 N–H and O–H groups in total. The summed E-state index contributed by atoms with van der Waals surface area (Å²) >= 11 is 5.98. The van der Waals surface area contributed by atoms with E-state index in [1.54, 1.807) is 6.07 Å². The highest BCUT2D eigenvalue weighted by atomic mass is 35.5. The van der Waals surface area contributed by atoms with Gasteiger partial charge in [-0.05, 0) is 55.9 Å².